The second-order valence-electron chi connectivity index (χ2n) is 6.49. The molecule has 4 nitrogen and oxygen atoms in total. The van der Waals surface area contributed by atoms with Crippen molar-refractivity contribution in [2.24, 2.45) is 0 Å². The van der Waals surface area contributed by atoms with Crippen LogP contribution in [-0.4, -0.2) is 11.8 Å². The number of halogens is 2. The van der Waals surface area contributed by atoms with Gasteiger partial charge in [0.1, 0.15) is 11.6 Å². The Labute approximate surface area is 161 Å². The molecule has 0 aromatic heterocycles. The molecule has 0 atom stereocenters. The van der Waals surface area contributed by atoms with Crippen LogP contribution in [0.3, 0.4) is 0 Å². The van der Waals surface area contributed by atoms with Gasteiger partial charge >= 0.3 is 0 Å². The highest BCUT2D eigenvalue weighted by Gasteiger charge is 2.13. The number of hydrogen-bond acceptors (Lipinski definition) is 2. The standard InChI is InChI=1S/C22H18F2N2O2/c1-13-8-14(2)10-18(9-13)25-21(27)15-4-3-5-16(11-15)22(28)26-20-7-6-17(23)12-19(20)24/h3-12H,1-2H3,(H,25,27)(H,26,28). The fraction of sp³-hybridized carbons (Fsp3) is 0.0909. The normalized spacial score (nSPS) is 10.4. The molecule has 2 amide bonds. The largest absolute Gasteiger partial charge is 0.322 e. The summed E-state index contributed by atoms with van der Waals surface area (Å²) >= 11 is 0. The molecule has 6 heteroatoms. The molecule has 0 bridgehead atoms. The van der Waals surface area contributed by atoms with Gasteiger partial charge in [-0.05, 0) is 67.4 Å². The van der Waals surface area contributed by atoms with E-state index in [0.717, 1.165) is 23.3 Å². The van der Waals surface area contributed by atoms with Crippen molar-refractivity contribution >= 4 is 23.2 Å². The van der Waals surface area contributed by atoms with Gasteiger partial charge < -0.3 is 10.6 Å². The second kappa shape index (κ2) is 8.00. The molecule has 0 saturated heterocycles. The topological polar surface area (TPSA) is 58.2 Å². The highest BCUT2D eigenvalue weighted by Crippen LogP contribution is 2.18. The minimum atomic E-state index is -0.878. The van der Waals surface area contributed by atoms with Gasteiger partial charge in [0.25, 0.3) is 11.8 Å². The third-order valence-corrected chi connectivity index (χ3v) is 4.05. The first-order valence-corrected chi connectivity index (χ1v) is 8.58. The van der Waals surface area contributed by atoms with Crippen molar-refractivity contribution in [1.29, 1.82) is 0 Å². The fourth-order valence-electron chi connectivity index (χ4n) is 2.84. The summed E-state index contributed by atoms with van der Waals surface area (Å²) in [5, 5.41) is 5.17. The Morgan fingerprint density at radius 2 is 1.36 bits per heavy atom. The van der Waals surface area contributed by atoms with Crippen LogP contribution in [0.5, 0.6) is 0 Å². The highest BCUT2D eigenvalue weighted by atomic mass is 19.1. The number of hydrogen-bond donors (Lipinski definition) is 2. The number of anilines is 2. The summed E-state index contributed by atoms with van der Waals surface area (Å²) in [6.07, 6.45) is 0. The lowest BCUT2D eigenvalue weighted by molar-refractivity contribution is 0.102. The van der Waals surface area contributed by atoms with E-state index in [2.05, 4.69) is 10.6 Å². The van der Waals surface area contributed by atoms with Crippen LogP contribution in [0.1, 0.15) is 31.8 Å². The molecule has 0 aliphatic rings. The minimum absolute atomic E-state index is 0.142. The van der Waals surface area contributed by atoms with Crippen molar-refractivity contribution in [2.75, 3.05) is 10.6 Å². The number of rotatable bonds is 4. The molecule has 0 heterocycles. The van der Waals surface area contributed by atoms with Crippen LogP contribution < -0.4 is 10.6 Å². The first-order valence-electron chi connectivity index (χ1n) is 8.58. The summed E-state index contributed by atoms with van der Waals surface area (Å²) in [5.74, 6) is -2.59. The van der Waals surface area contributed by atoms with E-state index < -0.39 is 17.5 Å². The van der Waals surface area contributed by atoms with E-state index in [1.165, 1.54) is 12.1 Å². The molecule has 3 aromatic carbocycles. The molecule has 0 saturated carbocycles. The summed E-state index contributed by atoms with van der Waals surface area (Å²) in [6, 6.07) is 14.6. The Morgan fingerprint density at radius 1 is 0.750 bits per heavy atom. The van der Waals surface area contributed by atoms with Gasteiger partial charge in [0.2, 0.25) is 0 Å². The molecule has 0 fully saturated rings. The lowest BCUT2D eigenvalue weighted by Gasteiger charge is -2.10. The maximum atomic E-state index is 13.7. The Balaban J connectivity index is 1.77. The zero-order chi connectivity index (χ0) is 20.3. The predicted molar refractivity (Wildman–Crippen MR) is 105 cm³/mol. The van der Waals surface area contributed by atoms with Gasteiger partial charge in [-0.25, -0.2) is 8.78 Å². The zero-order valence-electron chi connectivity index (χ0n) is 15.3. The van der Waals surface area contributed by atoms with Gasteiger partial charge in [0.15, 0.2) is 0 Å². The number of aryl methyl sites for hydroxylation is 2. The summed E-state index contributed by atoms with van der Waals surface area (Å²) in [4.78, 5) is 24.9. The van der Waals surface area contributed by atoms with E-state index in [9.17, 15) is 18.4 Å². The smallest absolute Gasteiger partial charge is 0.255 e. The van der Waals surface area contributed by atoms with Gasteiger partial charge in [-0.2, -0.15) is 0 Å². The van der Waals surface area contributed by atoms with Crippen molar-refractivity contribution in [3.63, 3.8) is 0 Å². The van der Waals surface area contributed by atoms with Crippen LogP contribution in [0.4, 0.5) is 20.2 Å². The van der Waals surface area contributed by atoms with E-state index in [1.54, 1.807) is 12.1 Å². The van der Waals surface area contributed by atoms with E-state index >= 15 is 0 Å². The number of benzene rings is 3. The molecule has 2 N–H and O–H groups in total. The molecule has 0 radical (unpaired) electrons. The van der Waals surface area contributed by atoms with Crippen molar-refractivity contribution < 1.29 is 18.4 Å². The summed E-state index contributed by atoms with van der Waals surface area (Å²) in [7, 11) is 0. The number of carbonyl (C=O) groups is 2. The van der Waals surface area contributed by atoms with E-state index in [4.69, 9.17) is 0 Å². The molecule has 0 aliphatic carbocycles. The summed E-state index contributed by atoms with van der Waals surface area (Å²) in [5.41, 5.74) is 3.01. The van der Waals surface area contributed by atoms with Gasteiger partial charge in [0, 0.05) is 22.9 Å². The fourth-order valence-corrected chi connectivity index (χ4v) is 2.84. The Hall–Kier alpha value is -3.54. The maximum Gasteiger partial charge on any atom is 0.255 e. The van der Waals surface area contributed by atoms with Crippen molar-refractivity contribution in [3.8, 4) is 0 Å². The maximum absolute atomic E-state index is 13.7. The number of carbonyl (C=O) groups excluding carboxylic acids is 2. The molecular weight excluding hydrogens is 362 g/mol. The minimum Gasteiger partial charge on any atom is -0.322 e. The van der Waals surface area contributed by atoms with Gasteiger partial charge in [0.05, 0.1) is 5.69 Å². The quantitative estimate of drug-likeness (QED) is 0.663. The summed E-state index contributed by atoms with van der Waals surface area (Å²) in [6.45, 7) is 3.87. The van der Waals surface area contributed by atoms with Crippen LogP contribution in [0.15, 0.2) is 60.7 Å². The Bertz CT molecular complexity index is 1040. The van der Waals surface area contributed by atoms with E-state index in [1.807, 2.05) is 32.0 Å². The lowest BCUT2D eigenvalue weighted by Crippen LogP contribution is -2.16. The van der Waals surface area contributed by atoms with Crippen molar-refractivity contribution in [2.45, 2.75) is 13.8 Å². The van der Waals surface area contributed by atoms with Crippen LogP contribution in [0.25, 0.3) is 0 Å². The monoisotopic (exact) mass is 380 g/mol. The molecule has 142 valence electrons. The molecule has 0 unspecified atom stereocenters. The summed E-state index contributed by atoms with van der Waals surface area (Å²) < 4.78 is 26.7. The van der Waals surface area contributed by atoms with Crippen LogP contribution in [0, 0.1) is 25.5 Å². The zero-order valence-corrected chi connectivity index (χ0v) is 15.3. The molecule has 0 spiro atoms. The number of nitrogens with one attached hydrogen (secondary N) is 2. The molecule has 0 aliphatic heterocycles. The van der Waals surface area contributed by atoms with E-state index in [-0.39, 0.29) is 22.7 Å². The first kappa shape index (κ1) is 19.2. The number of amides is 2. The van der Waals surface area contributed by atoms with Crippen LogP contribution >= 0.6 is 0 Å². The molecular formula is C22H18F2N2O2. The van der Waals surface area contributed by atoms with Crippen LogP contribution in [0.2, 0.25) is 0 Å². The third kappa shape index (κ3) is 4.59. The third-order valence-electron chi connectivity index (χ3n) is 4.05. The highest BCUT2D eigenvalue weighted by molar-refractivity contribution is 6.08. The van der Waals surface area contributed by atoms with Gasteiger partial charge in [-0.1, -0.05) is 12.1 Å². The second-order valence-corrected chi connectivity index (χ2v) is 6.49. The van der Waals surface area contributed by atoms with Gasteiger partial charge in [-0.15, -0.1) is 0 Å². The SMILES string of the molecule is Cc1cc(C)cc(NC(=O)c2cccc(C(=O)Nc3ccc(F)cc3F)c2)c1. The molecule has 28 heavy (non-hydrogen) atoms. The van der Waals surface area contributed by atoms with Crippen molar-refractivity contribution in [3.05, 3.63) is 94.6 Å². The average Bonchev–Trinajstić information content (AvgIpc) is 2.63. The Kier molecular flexibility index (Phi) is 5.49. The molecule has 3 aromatic rings. The average molecular weight is 380 g/mol. The van der Waals surface area contributed by atoms with Crippen LogP contribution in [-0.2, 0) is 0 Å². The van der Waals surface area contributed by atoms with Crippen molar-refractivity contribution in [1.82, 2.24) is 0 Å². The predicted octanol–water partition coefficient (Wildman–Crippen LogP) is 5.09. The molecule has 3 rings (SSSR count). The first-order chi connectivity index (χ1) is 13.3. The van der Waals surface area contributed by atoms with Gasteiger partial charge in [-0.3, -0.25) is 9.59 Å². The lowest BCUT2D eigenvalue weighted by atomic mass is 10.1. The Morgan fingerprint density at radius 3 is 1.96 bits per heavy atom. The van der Waals surface area contributed by atoms with E-state index in [0.29, 0.717) is 11.8 Å².